The molecule has 1 aromatic carbocycles. The zero-order chi connectivity index (χ0) is 16.1. The molecule has 0 heterocycles. The third-order valence-corrected chi connectivity index (χ3v) is 6.19. The third-order valence-electron chi connectivity index (χ3n) is 3.17. The van der Waals surface area contributed by atoms with Crippen molar-refractivity contribution in [3.05, 3.63) is 28.7 Å². The third kappa shape index (κ3) is 5.53. The Morgan fingerprint density at radius 3 is 2.32 bits per heavy atom. The topological polar surface area (TPSA) is 89.3 Å². The van der Waals surface area contributed by atoms with E-state index in [4.69, 9.17) is 5.73 Å². The minimum atomic E-state index is -3.53. The van der Waals surface area contributed by atoms with Crippen LogP contribution in [0.5, 0.6) is 0 Å². The Morgan fingerprint density at radius 1 is 1.27 bits per heavy atom. The second-order valence-corrected chi connectivity index (χ2v) is 8.89. The molecular weight excluding hydrogens is 392 g/mol. The summed E-state index contributed by atoms with van der Waals surface area (Å²) in [4.78, 5) is 11.8. The van der Waals surface area contributed by atoms with Gasteiger partial charge in [0.25, 0.3) is 0 Å². The lowest BCUT2D eigenvalue weighted by Crippen LogP contribution is -2.44. The summed E-state index contributed by atoms with van der Waals surface area (Å²) in [7, 11) is -3.53. The molecule has 5 nitrogen and oxygen atoms in total. The van der Waals surface area contributed by atoms with Gasteiger partial charge in [-0.05, 0) is 51.1 Å². The summed E-state index contributed by atoms with van der Waals surface area (Å²) in [6.45, 7) is 3.71. The van der Waals surface area contributed by atoms with E-state index in [9.17, 15) is 13.2 Å². The predicted molar refractivity (Wildman–Crippen MR) is 94.0 cm³/mol. The maximum absolute atomic E-state index is 12.6. The second kappa shape index (κ2) is 8.86. The van der Waals surface area contributed by atoms with Gasteiger partial charge in [0.2, 0.25) is 5.91 Å². The van der Waals surface area contributed by atoms with Gasteiger partial charge in [0.1, 0.15) is 0 Å². The number of nitrogens with two attached hydrogens (primary N) is 1. The summed E-state index contributed by atoms with van der Waals surface area (Å²) in [5.41, 5.74) is 5.34. The van der Waals surface area contributed by atoms with Crippen LogP contribution < -0.4 is 11.1 Å². The van der Waals surface area contributed by atoms with Gasteiger partial charge in [0.15, 0.2) is 9.84 Å². The van der Waals surface area contributed by atoms with E-state index in [1.807, 2.05) is 0 Å². The minimum Gasteiger partial charge on any atom is -0.355 e. The number of carbonyl (C=O) groups excluding carboxylic acids is 1. The molecule has 0 saturated heterocycles. The van der Waals surface area contributed by atoms with E-state index in [0.29, 0.717) is 19.4 Å². The molecular formula is C14H22BrClN2O3S. The summed E-state index contributed by atoms with van der Waals surface area (Å²) < 4.78 is 24.9. The first-order valence-electron chi connectivity index (χ1n) is 6.67. The Hall–Kier alpha value is -0.630. The first kappa shape index (κ1) is 21.4. The van der Waals surface area contributed by atoms with E-state index in [0.717, 1.165) is 4.47 Å². The predicted octanol–water partition coefficient (Wildman–Crippen LogP) is 2.28. The lowest BCUT2D eigenvalue weighted by Gasteiger charge is -2.25. The zero-order valence-corrected chi connectivity index (χ0v) is 15.9. The van der Waals surface area contributed by atoms with Crippen LogP contribution in [-0.2, 0) is 14.6 Å². The molecule has 0 spiro atoms. The molecule has 22 heavy (non-hydrogen) atoms. The molecule has 0 aliphatic carbocycles. The number of hydrogen-bond donors (Lipinski definition) is 2. The zero-order valence-electron chi connectivity index (χ0n) is 12.6. The van der Waals surface area contributed by atoms with Crippen LogP contribution in [0.4, 0.5) is 0 Å². The van der Waals surface area contributed by atoms with Gasteiger partial charge in [0, 0.05) is 17.4 Å². The van der Waals surface area contributed by atoms with Crippen molar-refractivity contribution in [3.8, 4) is 0 Å². The van der Waals surface area contributed by atoms with E-state index < -0.39 is 14.6 Å². The lowest BCUT2D eigenvalue weighted by molar-refractivity contribution is -0.121. The van der Waals surface area contributed by atoms with Gasteiger partial charge in [-0.3, -0.25) is 4.79 Å². The highest BCUT2D eigenvalue weighted by atomic mass is 79.9. The van der Waals surface area contributed by atoms with Crippen LogP contribution in [0.2, 0.25) is 0 Å². The quantitative estimate of drug-likeness (QED) is 0.717. The maximum Gasteiger partial charge on any atom is 0.220 e. The lowest BCUT2D eigenvalue weighted by atomic mass is 10.2. The summed E-state index contributed by atoms with van der Waals surface area (Å²) in [6, 6.07) is 6.47. The molecule has 0 radical (unpaired) electrons. The average Bonchev–Trinajstić information content (AvgIpc) is 2.43. The molecule has 8 heteroatoms. The van der Waals surface area contributed by atoms with Crippen LogP contribution in [0.3, 0.4) is 0 Å². The molecule has 0 aliphatic heterocycles. The van der Waals surface area contributed by atoms with Crippen molar-refractivity contribution in [1.29, 1.82) is 0 Å². The number of hydrogen-bond acceptors (Lipinski definition) is 4. The van der Waals surface area contributed by atoms with Gasteiger partial charge in [-0.15, -0.1) is 12.4 Å². The molecule has 0 unspecified atom stereocenters. The van der Waals surface area contributed by atoms with Crippen molar-refractivity contribution >= 4 is 44.1 Å². The Labute approximate surface area is 146 Å². The highest BCUT2D eigenvalue weighted by Gasteiger charge is 2.35. The SMILES string of the molecule is CC(C)(CNC(=O)CCCN)S(=O)(=O)c1ccc(Br)cc1.Cl. The molecule has 1 amide bonds. The van der Waals surface area contributed by atoms with Gasteiger partial charge < -0.3 is 11.1 Å². The summed E-state index contributed by atoms with van der Waals surface area (Å²) in [6.07, 6.45) is 0.899. The number of amides is 1. The highest BCUT2D eigenvalue weighted by Crippen LogP contribution is 2.26. The van der Waals surface area contributed by atoms with E-state index in [2.05, 4.69) is 21.2 Å². The van der Waals surface area contributed by atoms with Crippen LogP contribution in [0.1, 0.15) is 26.7 Å². The van der Waals surface area contributed by atoms with Crippen LogP contribution in [0.25, 0.3) is 0 Å². The Kier molecular flexibility index (Phi) is 8.61. The van der Waals surface area contributed by atoms with Crippen molar-refractivity contribution in [2.24, 2.45) is 5.73 Å². The van der Waals surface area contributed by atoms with E-state index in [-0.39, 0.29) is 29.8 Å². The fourth-order valence-electron chi connectivity index (χ4n) is 1.69. The first-order valence-corrected chi connectivity index (χ1v) is 8.95. The first-order chi connectivity index (χ1) is 9.70. The smallest absolute Gasteiger partial charge is 0.220 e. The van der Waals surface area contributed by atoms with Crippen molar-refractivity contribution in [2.75, 3.05) is 13.1 Å². The fraction of sp³-hybridized carbons (Fsp3) is 0.500. The van der Waals surface area contributed by atoms with Crippen LogP contribution >= 0.6 is 28.3 Å². The maximum atomic E-state index is 12.6. The van der Waals surface area contributed by atoms with Gasteiger partial charge in [-0.25, -0.2) is 8.42 Å². The molecule has 1 aromatic rings. The van der Waals surface area contributed by atoms with Gasteiger partial charge in [0.05, 0.1) is 9.64 Å². The van der Waals surface area contributed by atoms with Crippen molar-refractivity contribution < 1.29 is 13.2 Å². The van der Waals surface area contributed by atoms with E-state index >= 15 is 0 Å². The summed E-state index contributed by atoms with van der Waals surface area (Å²) >= 11 is 3.27. The molecule has 0 fully saturated rings. The normalized spacial score (nSPS) is 11.6. The largest absolute Gasteiger partial charge is 0.355 e. The fourth-order valence-corrected chi connectivity index (χ4v) is 3.35. The highest BCUT2D eigenvalue weighted by molar-refractivity contribution is 9.10. The summed E-state index contributed by atoms with van der Waals surface area (Å²) in [5, 5.41) is 2.66. The van der Waals surface area contributed by atoms with Gasteiger partial charge in [-0.2, -0.15) is 0 Å². The Bertz CT molecular complexity index is 589. The van der Waals surface area contributed by atoms with Crippen LogP contribution in [-0.4, -0.2) is 32.2 Å². The Balaban J connectivity index is 0.00000441. The van der Waals surface area contributed by atoms with Gasteiger partial charge in [-0.1, -0.05) is 15.9 Å². The van der Waals surface area contributed by atoms with Crippen molar-refractivity contribution in [1.82, 2.24) is 5.32 Å². The molecule has 0 saturated carbocycles. The standard InChI is InChI=1S/C14H21BrN2O3S.ClH/c1-14(2,10-17-13(18)4-3-9-16)21(19,20)12-7-5-11(15)6-8-12;/h5-8H,3-4,9-10,16H2,1-2H3,(H,17,18);1H. The number of halogens is 2. The number of sulfone groups is 1. The monoisotopic (exact) mass is 412 g/mol. The molecule has 0 atom stereocenters. The molecule has 1 rings (SSSR count). The van der Waals surface area contributed by atoms with Crippen LogP contribution in [0, 0.1) is 0 Å². The number of rotatable bonds is 7. The second-order valence-electron chi connectivity index (χ2n) is 5.39. The van der Waals surface area contributed by atoms with E-state index in [1.54, 1.807) is 38.1 Å². The molecule has 126 valence electrons. The molecule has 0 bridgehead atoms. The van der Waals surface area contributed by atoms with Gasteiger partial charge >= 0.3 is 0 Å². The summed E-state index contributed by atoms with van der Waals surface area (Å²) in [5.74, 6) is -0.181. The molecule has 0 aliphatic rings. The average molecular weight is 414 g/mol. The van der Waals surface area contributed by atoms with Crippen molar-refractivity contribution in [3.63, 3.8) is 0 Å². The Morgan fingerprint density at radius 2 is 1.82 bits per heavy atom. The van der Waals surface area contributed by atoms with E-state index in [1.165, 1.54) is 0 Å². The minimum absolute atomic E-state index is 0. The van der Waals surface area contributed by atoms with Crippen LogP contribution in [0.15, 0.2) is 33.6 Å². The number of nitrogens with one attached hydrogen (secondary N) is 1. The molecule has 3 N–H and O–H groups in total. The van der Waals surface area contributed by atoms with Crippen molar-refractivity contribution in [2.45, 2.75) is 36.3 Å². The molecule has 0 aromatic heterocycles. The number of carbonyl (C=O) groups is 1. The number of benzene rings is 1.